The van der Waals surface area contributed by atoms with Gasteiger partial charge < -0.3 is 0 Å². The molecule has 0 aliphatic carbocycles. The number of aromatic amines is 1. The summed E-state index contributed by atoms with van der Waals surface area (Å²) in [7, 11) is 0. The molecule has 3 aromatic rings. The van der Waals surface area contributed by atoms with E-state index < -0.39 is 6.17 Å². The third-order valence-corrected chi connectivity index (χ3v) is 5.65. The summed E-state index contributed by atoms with van der Waals surface area (Å²) < 4.78 is 1.61. The second-order valence-electron chi connectivity index (χ2n) is 6.29. The molecule has 28 heavy (non-hydrogen) atoms. The molecule has 2 aromatic carbocycles. The van der Waals surface area contributed by atoms with Gasteiger partial charge in [-0.2, -0.15) is 0 Å². The summed E-state index contributed by atoms with van der Waals surface area (Å²) in [6, 6.07) is 14.6. The number of nitrogens with one attached hydrogen (secondary N) is 1. The molecule has 1 aliphatic rings. The first-order valence-corrected chi connectivity index (χ1v) is 10.2. The molecular formula is C20H18ClN4O2S+. The highest BCUT2D eigenvalue weighted by atomic mass is 35.5. The van der Waals surface area contributed by atoms with E-state index in [-0.39, 0.29) is 11.5 Å². The van der Waals surface area contributed by atoms with Crippen molar-refractivity contribution in [2.45, 2.75) is 25.2 Å². The van der Waals surface area contributed by atoms with E-state index in [0.29, 0.717) is 32.7 Å². The van der Waals surface area contributed by atoms with E-state index in [1.54, 1.807) is 15.6 Å². The predicted octanol–water partition coefficient (Wildman–Crippen LogP) is 3.40. The summed E-state index contributed by atoms with van der Waals surface area (Å²) in [6.45, 7) is 3.48. The maximum absolute atomic E-state index is 13.0. The highest BCUT2D eigenvalue weighted by molar-refractivity contribution is 7.99. The largest absolute Gasteiger partial charge is 0.325 e. The van der Waals surface area contributed by atoms with Gasteiger partial charge in [0.2, 0.25) is 11.1 Å². The van der Waals surface area contributed by atoms with Crippen molar-refractivity contribution >= 4 is 35.0 Å². The van der Waals surface area contributed by atoms with Gasteiger partial charge in [0.15, 0.2) is 0 Å². The van der Waals surface area contributed by atoms with Crippen LogP contribution >= 0.6 is 23.4 Å². The van der Waals surface area contributed by atoms with Crippen LogP contribution in [-0.4, -0.2) is 21.7 Å². The molecule has 2 heterocycles. The number of thioether (sulfide) groups is 1. The lowest BCUT2D eigenvalue weighted by Gasteiger charge is -2.31. The van der Waals surface area contributed by atoms with Gasteiger partial charge in [-0.15, -0.1) is 0 Å². The van der Waals surface area contributed by atoms with Gasteiger partial charge in [-0.25, -0.2) is 4.90 Å². The van der Waals surface area contributed by atoms with Crippen LogP contribution < -0.4 is 15.1 Å². The Bertz CT molecular complexity index is 1130. The van der Waals surface area contributed by atoms with Crippen LogP contribution in [0.1, 0.15) is 25.6 Å². The summed E-state index contributed by atoms with van der Waals surface area (Å²) in [5.74, 6) is 0.591. The minimum Gasteiger partial charge on any atom is -0.291 e. The van der Waals surface area contributed by atoms with Crippen LogP contribution in [0.25, 0.3) is 11.3 Å². The van der Waals surface area contributed by atoms with Gasteiger partial charge in [0, 0.05) is 12.0 Å². The fourth-order valence-electron chi connectivity index (χ4n) is 3.48. The number of carbonyl (C=O) groups excluding carboxylic acids is 1. The number of benzene rings is 2. The Morgan fingerprint density at radius 1 is 1.25 bits per heavy atom. The molecule has 8 heteroatoms. The summed E-state index contributed by atoms with van der Waals surface area (Å²) in [6.07, 6.45) is -0.658. The molecule has 0 saturated heterocycles. The molecule has 0 bridgehead atoms. The van der Waals surface area contributed by atoms with Crippen molar-refractivity contribution < 1.29 is 9.48 Å². The smallest absolute Gasteiger partial charge is 0.291 e. The quantitative estimate of drug-likeness (QED) is 0.527. The topological polar surface area (TPSA) is 69.9 Å². The molecule has 0 radical (unpaired) electrons. The minimum absolute atomic E-state index is 0.165. The summed E-state index contributed by atoms with van der Waals surface area (Å²) in [5.41, 5.74) is 2.16. The number of amides is 1. The molecule has 6 nitrogen and oxygen atoms in total. The van der Waals surface area contributed by atoms with Crippen LogP contribution in [0.3, 0.4) is 0 Å². The lowest BCUT2D eigenvalue weighted by Crippen LogP contribution is -2.60. The van der Waals surface area contributed by atoms with Crippen LogP contribution in [0.5, 0.6) is 0 Å². The zero-order chi connectivity index (χ0) is 19.8. The van der Waals surface area contributed by atoms with Crippen LogP contribution in [0.15, 0.2) is 58.5 Å². The molecule has 0 unspecified atom stereocenters. The van der Waals surface area contributed by atoms with Crippen LogP contribution in [0.4, 0.5) is 5.69 Å². The molecule has 0 spiro atoms. The summed E-state index contributed by atoms with van der Waals surface area (Å²) >= 11 is 7.92. The molecule has 4 rings (SSSR count). The molecule has 1 aliphatic heterocycles. The number of H-pyrrole nitrogens is 1. The van der Waals surface area contributed by atoms with Crippen molar-refractivity contribution in [3.63, 3.8) is 0 Å². The number of hydrogen-bond donors (Lipinski definition) is 1. The highest BCUT2D eigenvalue weighted by Crippen LogP contribution is 2.38. The standard InChI is InChI=1S/C20H17ClN4O2S/c1-3-28-20-22-18(27)17-14-9-5-7-11-16(14)24(12(2)26)19(25(17)23-20)13-8-4-6-10-15(13)21/h4-11,19H,3H2,1-2H3/p+1/t19-/m1/s1. The lowest BCUT2D eigenvalue weighted by atomic mass is 10.0. The monoisotopic (exact) mass is 413 g/mol. The van der Waals surface area contributed by atoms with Crippen molar-refractivity contribution in [2.24, 2.45) is 0 Å². The van der Waals surface area contributed by atoms with E-state index in [0.717, 1.165) is 5.75 Å². The van der Waals surface area contributed by atoms with Crippen LogP contribution in [-0.2, 0) is 4.79 Å². The Labute approximate surface area is 171 Å². The van der Waals surface area contributed by atoms with E-state index in [9.17, 15) is 9.59 Å². The third-order valence-electron chi connectivity index (χ3n) is 4.56. The van der Waals surface area contributed by atoms with Gasteiger partial charge in [0.1, 0.15) is 0 Å². The second-order valence-corrected chi connectivity index (χ2v) is 7.95. The molecular weight excluding hydrogens is 396 g/mol. The van der Waals surface area contributed by atoms with Crippen molar-refractivity contribution in [1.29, 1.82) is 0 Å². The number of hydrogen-bond acceptors (Lipinski definition) is 4. The summed E-state index contributed by atoms with van der Waals surface area (Å²) in [5, 5.41) is 5.67. The predicted molar refractivity (Wildman–Crippen MR) is 110 cm³/mol. The van der Waals surface area contributed by atoms with Crippen LogP contribution in [0.2, 0.25) is 5.02 Å². The number of nitrogens with zero attached hydrogens (tertiary/aromatic N) is 3. The van der Waals surface area contributed by atoms with E-state index in [2.05, 4.69) is 10.1 Å². The number of halogens is 1. The maximum Gasteiger partial charge on any atom is 0.325 e. The Balaban J connectivity index is 2.09. The van der Waals surface area contributed by atoms with Gasteiger partial charge in [-0.05, 0) is 34.7 Å². The fourth-order valence-corrected chi connectivity index (χ4v) is 4.30. The van der Waals surface area contributed by atoms with E-state index >= 15 is 0 Å². The van der Waals surface area contributed by atoms with Crippen molar-refractivity contribution in [2.75, 3.05) is 10.7 Å². The molecule has 1 N–H and O–H groups in total. The zero-order valence-corrected chi connectivity index (χ0v) is 16.9. The Hall–Kier alpha value is -2.64. The number of carbonyl (C=O) groups is 1. The molecule has 1 atom stereocenters. The molecule has 142 valence electrons. The van der Waals surface area contributed by atoms with E-state index in [1.807, 2.05) is 49.4 Å². The van der Waals surface area contributed by atoms with Gasteiger partial charge in [-0.1, -0.05) is 54.6 Å². The summed E-state index contributed by atoms with van der Waals surface area (Å²) in [4.78, 5) is 30.2. The minimum atomic E-state index is -0.658. The average Bonchev–Trinajstić information content (AvgIpc) is 2.67. The highest BCUT2D eigenvalue weighted by Gasteiger charge is 2.45. The van der Waals surface area contributed by atoms with Crippen LogP contribution in [0, 0.1) is 0 Å². The van der Waals surface area contributed by atoms with E-state index in [1.165, 1.54) is 18.7 Å². The van der Waals surface area contributed by atoms with Crippen molar-refractivity contribution in [3.05, 3.63) is 69.5 Å². The van der Waals surface area contributed by atoms with Gasteiger partial charge in [0.25, 0.3) is 6.17 Å². The van der Waals surface area contributed by atoms with E-state index in [4.69, 9.17) is 11.6 Å². The molecule has 1 aromatic heterocycles. The molecule has 0 fully saturated rings. The second kappa shape index (κ2) is 7.41. The number of aromatic nitrogens is 3. The fraction of sp³-hybridized carbons (Fsp3) is 0.200. The van der Waals surface area contributed by atoms with Crippen molar-refractivity contribution in [1.82, 2.24) is 10.1 Å². The lowest BCUT2D eigenvalue weighted by molar-refractivity contribution is -0.763. The number of rotatable bonds is 3. The van der Waals surface area contributed by atoms with Gasteiger partial charge >= 0.3 is 11.3 Å². The van der Waals surface area contributed by atoms with Gasteiger partial charge in [-0.3, -0.25) is 14.6 Å². The zero-order valence-electron chi connectivity index (χ0n) is 15.3. The number of para-hydroxylation sites is 1. The first-order valence-electron chi connectivity index (χ1n) is 8.85. The molecule has 1 amide bonds. The maximum atomic E-state index is 13.0. The first-order chi connectivity index (χ1) is 13.5. The van der Waals surface area contributed by atoms with Crippen molar-refractivity contribution in [3.8, 4) is 11.3 Å². The van der Waals surface area contributed by atoms with Gasteiger partial charge in [0.05, 0.1) is 21.8 Å². The average molecular weight is 414 g/mol. The normalized spacial score (nSPS) is 15.1. The Morgan fingerprint density at radius 2 is 1.96 bits per heavy atom. The number of anilines is 1. The Kier molecular flexibility index (Phi) is 4.95. The Morgan fingerprint density at radius 3 is 2.68 bits per heavy atom. The molecule has 0 saturated carbocycles. The number of fused-ring (bicyclic) bond motifs is 3. The SMILES string of the molecule is CCSc1n[n+]2c(c(=O)[nH]1)-c1ccccc1N(C(C)=O)[C@H]2c1ccccc1Cl. The first kappa shape index (κ1) is 18.7. The third kappa shape index (κ3) is 3.00.